The third-order valence-electron chi connectivity index (χ3n) is 4.44. The van der Waals surface area contributed by atoms with E-state index in [4.69, 9.17) is 0 Å². The first-order chi connectivity index (χ1) is 9.66. The summed E-state index contributed by atoms with van der Waals surface area (Å²) in [6.45, 7) is 13.6. The van der Waals surface area contributed by atoms with Crippen LogP contribution in [0.2, 0.25) is 0 Å². The largest absolute Gasteiger partial charge is 4.00 e. The molecular formula is C21H25Cl3Zr. The van der Waals surface area contributed by atoms with Crippen LogP contribution in [0, 0.1) is 0 Å². The first-order valence-corrected chi connectivity index (χ1v) is 7.80. The number of fused-ring (bicyclic) bond motifs is 3. The normalized spacial score (nSPS) is 11.1. The summed E-state index contributed by atoms with van der Waals surface area (Å²) in [7, 11) is 0. The van der Waals surface area contributed by atoms with Gasteiger partial charge in [0.15, 0.2) is 0 Å². The SMILES string of the molecule is CC(C)(C)c1ccc2c(c1)[cH-]c1cc(C(C)(C)C)ccc12.[Cl-].[Cl-].[Cl-].[Zr+4]. The number of hydrogen-bond donors (Lipinski definition) is 0. The van der Waals surface area contributed by atoms with Crippen molar-refractivity contribution in [3.8, 4) is 0 Å². The van der Waals surface area contributed by atoms with Crippen molar-refractivity contribution in [2.75, 3.05) is 0 Å². The van der Waals surface area contributed by atoms with Crippen LogP contribution in [0.3, 0.4) is 0 Å². The monoisotopic (exact) mass is 472 g/mol. The molecule has 0 unspecified atom stereocenters. The van der Waals surface area contributed by atoms with E-state index in [1.807, 2.05) is 0 Å². The van der Waals surface area contributed by atoms with Crippen molar-refractivity contribution in [1.29, 1.82) is 0 Å². The minimum absolute atomic E-state index is 0. The van der Waals surface area contributed by atoms with Crippen LogP contribution >= 0.6 is 0 Å². The molecule has 25 heavy (non-hydrogen) atoms. The van der Waals surface area contributed by atoms with Crippen LogP contribution in [0.5, 0.6) is 0 Å². The summed E-state index contributed by atoms with van der Waals surface area (Å²) < 4.78 is 0. The maximum absolute atomic E-state index is 2.35. The third kappa shape index (κ3) is 5.52. The first kappa shape index (κ1) is 27.3. The Morgan fingerprint density at radius 2 is 0.920 bits per heavy atom. The molecule has 3 aromatic rings. The van der Waals surface area contributed by atoms with E-state index < -0.39 is 0 Å². The molecule has 4 heteroatoms. The van der Waals surface area contributed by atoms with E-state index >= 15 is 0 Å². The molecule has 0 saturated carbocycles. The van der Waals surface area contributed by atoms with Gasteiger partial charge in [0.2, 0.25) is 0 Å². The average Bonchev–Trinajstić information content (AvgIpc) is 2.73. The van der Waals surface area contributed by atoms with E-state index in [2.05, 4.69) is 84.0 Å². The van der Waals surface area contributed by atoms with Crippen molar-refractivity contribution < 1.29 is 63.4 Å². The van der Waals surface area contributed by atoms with Crippen LogP contribution in [0.4, 0.5) is 0 Å². The molecule has 0 nitrogen and oxygen atoms in total. The molecule has 0 aliphatic carbocycles. The Bertz CT molecular complexity index is 752. The average molecular weight is 475 g/mol. The van der Waals surface area contributed by atoms with Crippen LogP contribution in [0.1, 0.15) is 52.7 Å². The summed E-state index contributed by atoms with van der Waals surface area (Å²) >= 11 is 0. The number of rotatable bonds is 0. The maximum atomic E-state index is 2.35. The molecule has 0 amide bonds. The second kappa shape index (κ2) is 9.32. The summed E-state index contributed by atoms with van der Waals surface area (Å²) in [5.74, 6) is 0. The van der Waals surface area contributed by atoms with Gasteiger partial charge in [-0.25, -0.2) is 0 Å². The van der Waals surface area contributed by atoms with Gasteiger partial charge >= 0.3 is 26.2 Å². The topological polar surface area (TPSA) is 0 Å². The van der Waals surface area contributed by atoms with Gasteiger partial charge in [-0.05, 0) is 10.8 Å². The molecule has 0 aromatic heterocycles. The van der Waals surface area contributed by atoms with Gasteiger partial charge in [-0.15, -0.1) is 39.7 Å². The van der Waals surface area contributed by atoms with E-state index in [0.29, 0.717) is 0 Å². The molecule has 0 heterocycles. The van der Waals surface area contributed by atoms with Crippen LogP contribution < -0.4 is 37.2 Å². The van der Waals surface area contributed by atoms with Crippen LogP contribution in [-0.2, 0) is 37.0 Å². The Hall–Kier alpha value is 0.0631. The second-order valence-electron chi connectivity index (χ2n) is 8.25. The maximum Gasteiger partial charge on any atom is 4.00 e. The van der Waals surface area contributed by atoms with Crippen LogP contribution in [0.15, 0.2) is 42.5 Å². The van der Waals surface area contributed by atoms with E-state index in [0.717, 1.165) is 0 Å². The van der Waals surface area contributed by atoms with Gasteiger partial charge in [-0.2, -0.15) is 0 Å². The predicted molar refractivity (Wildman–Crippen MR) is 94.4 cm³/mol. The zero-order valence-corrected chi connectivity index (χ0v) is 20.4. The number of halogens is 3. The summed E-state index contributed by atoms with van der Waals surface area (Å²) in [6.07, 6.45) is 0. The van der Waals surface area contributed by atoms with E-state index in [9.17, 15) is 0 Å². The molecule has 0 spiro atoms. The van der Waals surface area contributed by atoms with E-state index in [1.54, 1.807) is 0 Å². The molecule has 0 bridgehead atoms. The summed E-state index contributed by atoms with van der Waals surface area (Å²) in [4.78, 5) is 0. The second-order valence-corrected chi connectivity index (χ2v) is 8.25. The zero-order chi connectivity index (χ0) is 15.4. The van der Waals surface area contributed by atoms with Gasteiger partial charge < -0.3 is 37.2 Å². The van der Waals surface area contributed by atoms with Gasteiger partial charge in [-0.3, -0.25) is 0 Å². The summed E-state index contributed by atoms with van der Waals surface area (Å²) in [5.41, 5.74) is 3.21. The van der Waals surface area contributed by atoms with E-state index in [1.165, 1.54) is 32.7 Å². The Kier molecular flexibility index (Phi) is 10.2. The molecule has 0 saturated heterocycles. The molecular weight excluding hydrogens is 450 g/mol. The molecule has 134 valence electrons. The number of hydrogen-bond acceptors (Lipinski definition) is 0. The quantitative estimate of drug-likeness (QED) is 0.312. The molecule has 0 N–H and O–H groups in total. The van der Waals surface area contributed by atoms with Crippen LogP contribution in [0.25, 0.3) is 21.5 Å². The number of benzene rings is 2. The van der Waals surface area contributed by atoms with Crippen molar-refractivity contribution in [2.45, 2.75) is 52.4 Å². The van der Waals surface area contributed by atoms with Crippen molar-refractivity contribution in [3.05, 3.63) is 53.6 Å². The van der Waals surface area contributed by atoms with Gasteiger partial charge in [0.25, 0.3) is 0 Å². The van der Waals surface area contributed by atoms with Crippen molar-refractivity contribution in [1.82, 2.24) is 0 Å². The van der Waals surface area contributed by atoms with Crippen molar-refractivity contribution in [3.63, 3.8) is 0 Å². The molecule has 3 aromatic carbocycles. The standard InChI is InChI=1S/C21H25.3ClH.Zr/c1-20(2,3)16-7-9-18-14(12-16)11-15-13-17(21(4,5)6)8-10-19(15)18;;;;/h7-13H,1-6H3;3*1H;/q-1;;;;+4/p-3. The smallest absolute Gasteiger partial charge is 1.00 e. The molecule has 0 fully saturated rings. The summed E-state index contributed by atoms with van der Waals surface area (Å²) in [6, 6.07) is 16.2. The summed E-state index contributed by atoms with van der Waals surface area (Å²) in [5, 5.41) is 5.48. The van der Waals surface area contributed by atoms with Gasteiger partial charge in [0.1, 0.15) is 0 Å². The molecule has 0 aliphatic rings. The Morgan fingerprint density at radius 3 is 1.20 bits per heavy atom. The fraction of sp³-hybridized carbons (Fsp3) is 0.381. The molecule has 0 aliphatic heterocycles. The van der Waals surface area contributed by atoms with Gasteiger partial charge in [0.05, 0.1) is 0 Å². The van der Waals surface area contributed by atoms with Crippen molar-refractivity contribution in [2.24, 2.45) is 0 Å². The first-order valence-electron chi connectivity index (χ1n) is 7.80. The minimum Gasteiger partial charge on any atom is -1.00 e. The minimum atomic E-state index is 0. The van der Waals surface area contributed by atoms with Gasteiger partial charge in [-0.1, -0.05) is 76.9 Å². The van der Waals surface area contributed by atoms with Crippen molar-refractivity contribution >= 4 is 21.5 Å². The Morgan fingerprint density at radius 1 is 0.600 bits per heavy atom. The molecule has 0 radical (unpaired) electrons. The Labute approximate surface area is 189 Å². The third-order valence-corrected chi connectivity index (χ3v) is 4.44. The van der Waals surface area contributed by atoms with Gasteiger partial charge in [0, 0.05) is 0 Å². The fourth-order valence-corrected chi connectivity index (χ4v) is 2.96. The molecule has 0 atom stereocenters. The Balaban J connectivity index is 0. The molecule has 3 rings (SSSR count). The zero-order valence-electron chi connectivity index (χ0n) is 15.7. The fourth-order valence-electron chi connectivity index (χ4n) is 2.96. The predicted octanol–water partition coefficient (Wildman–Crippen LogP) is -2.68. The van der Waals surface area contributed by atoms with E-state index in [-0.39, 0.29) is 74.3 Å². The van der Waals surface area contributed by atoms with Crippen LogP contribution in [-0.4, -0.2) is 0 Å².